The maximum Gasteiger partial charge on any atom is 0.169 e. The molecule has 64 valence electrons. The van der Waals surface area contributed by atoms with Crippen LogP contribution in [-0.2, 0) is 0 Å². The maximum absolute atomic E-state index is 9.36. The smallest absolute Gasteiger partial charge is 0.169 e. The molecule has 0 aliphatic carbocycles. The van der Waals surface area contributed by atoms with E-state index in [-0.39, 0.29) is 17.5 Å². The predicted octanol–water partition coefficient (Wildman–Crippen LogP) is 0.490. The molecule has 12 heavy (non-hydrogen) atoms. The van der Waals surface area contributed by atoms with E-state index in [0.29, 0.717) is 17.9 Å². The molecule has 4 nitrogen and oxygen atoms in total. The second-order valence-electron chi connectivity index (χ2n) is 2.76. The van der Waals surface area contributed by atoms with Crippen molar-refractivity contribution in [1.29, 1.82) is 0 Å². The van der Waals surface area contributed by atoms with Gasteiger partial charge in [-0.15, -0.1) is 0 Å². The highest BCUT2D eigenvalue weighted by Gasteiger charge is 2.26. The van der Waals surface area contributed by atoms with Gasteiger partial charge in [0.1, 0.15) is 12.4 Å². The van der Waals surface area contributed by atoms with E-state index in [1.165, 1.54) is 12.1 Å². The predicted molar refractivity (Wildman–Crippen MR) is 42.2 cm³/mol. The summed E-state index contributed by atoms with van der Waals surface area (Å²) in [5.41, 5.74) is 6.12. The lowest BCUT2D eigenvalue weighted by molar-refractivity contribution is 0.317. The summed E-state index contributed by atoms with van der Waals surface area (Å²) in [5.74, 6) is 0.408. The van der Waals surface area contributed by atoms with Gasteiger partial charge in [-0.3, -0.25) is 0 Å². The third kappa shape index (κ3) is 0.816. The Bertz CT molecular complexity index is 324. The van der Waals surface area contributed by atoms with Crippen LogP contribution in [0.15, 0.2) is 12.1 Å². The first-order valence-corrected chi connectivity index (χ1v) is 3.63. The molecule has 0 saturated carbocycles. The fraction of sp³-hybridized carbons (Fsp3) is 0.250. The van der Waals surface area contributed by atoms with Crippen LogP contribution in [0.25, 0.3) is 0 Å². The number of hydrogen-bond acceptors (Lipinski definition) is 4. The molecule has 0 unspecified atom stereocenters. The Kier molecular flexibility index (Phi) is 1.38. The van der Waals surface area contributed by atoms with Crippen LogP contribution < -0.4 is 10.5 Å². The van der Waals surface area contributed by atoms with Crippen LogP contribution in [0.3, 0.4) is 0 Å². The van der Waals surface area contributed by atoms with E-state index in [1.54, 1.807) is 0 Å². The topological polar surface area (TPSA) is 75.7 Å². The average Bonchev–Trinajstić information content (AvgIpc) is 2.42. The van der Waals surface area contributed by atoms with Gasteiger partial charge in [0.2, 0.25) is 0 Å². The largest absolute Gasteiger partial charge is 0.507 e. The summed E-state index contributed by atoms with van der Waals surface area (Å²) in [7, 11) is 0. The fourth-order valence-corrected chi connectivity index (χ4v) is 1.34. The summed E-state index contributed by atoms with van der Waals surface area (Å²) in [5, 5.41) is 18.6. The Hall–Kier alpha value is -1.42. The van der Waals surface area contributed by atoms with E-state index >= 15 is 0 Å². The second kappa shape index (κ2) is 2.28. The fourth-order valence-electron chi connectivity index (χ4n) is 1.34. The highest BCUT2D eigenvalue weighted by atomic mass is 16.5. The van der Waals surface area contributed by atoms with Crippen LogP contribution >= 0.6 is 0 Å². The number of nitrogens with two attached hydrogens (primary N) is 1. The molecule has 1 heterocycles. The Morgan fingerprint density at radius 1 is 1.33 bits per heavy atom. The van der Waals surface area contributed by atoms with Crippen molar-refractivity contribution in [2.75, 3.05) is 6.61 Å². The molecule has 0 radical (unpaired) electrons. The molecule has 1 atom stereocenters. The zero-order valence-electron chi connectivity index (χ0n) is 6.32. The molecular weight excluding hydrogens is 158 g/mol. The summed E-state index contributed by atoms with van der Waals surface area (Å²) in [6.07, 6.45) is 0. The van der Waals surface area contributed by atoms with Crippen molar-refractivity contribution in [3.05, 3.63) is 17.7 Å². The standard InChI is InChI=1S/C8H9NO3/c9-4-3-12-8-6(11)2-1-5(10)7(4)8/h1-2,4,10-11H,3,9H2/t4-/m1/s1. The maximum atomic E-state index is 9.36. The molecule has 1 aliphatic rings. The van der Waals surface area contributed by atoms with Crippen molar-refractivity contribution in [3.63, 3.8) is 0 Å². The normalized spacial score (nSPS) is 20.2. The van der Waals surface area contributed by atoms with E-state index in [2.05, 4.69) is 0 Å². The van der Waals surface area contributed by atoms with Gasteiger partial charge in [-0.1, -0.05) is 0 Å². The molecule has 0 saturated heterocycles. The van der Waals surface area contributed by atoms with Gasteiger partial charge in [0.25, 0.3) is 0 Å². The van der Waals surface area contributed by atoms with Crippen LogP contribution in [0.4, 0.5) is 0 Å². The lowest BCUT2D eigenvalue weighted by Gasteiger charge is -2.04. The van der Waals surface area contributed by atoms with Gasteiger partial charge in [-0.25, -0.2) is 0 Å². The number of phenols is 2. The molecule has 0 spiro atoms. The Morgan fingerprint density at radius 2 is 2.00 bits per heavy atom. The van der Waals surface area contributed by atoms with Gasteiger partial charge < -0.3 is 20.7 Å². The quantitative estimate of drug-likeness (QED) is 0.491. The lowest BCUT2D eigenvalue weighted by atomic mass is 10.1. The van der Waals surface area contributed by atoms with Crippen LogP contribution in [0.5, 0.6) is 17.2 Å². The third-order valence-corrected chi connectivity index (χ3v) is 1.93. The molecular formula is C8H9NO3. The Labute approximate surface area is 69.2 Å². The average molecular weight is 167 g/mol. The number of rotatable bonds is 0. The van der Waals surface area contributed by atoms with Crippen molar-refractivity contribution in [1.82, 2.24) is 0 Å². The zero-order chi connectivity index (χ0) is 8.72. The molecule has 1 aromatic rings. The Morgan fingerprint density at radius 3 is 2.67 bits per heavy atom. The summed E-state index contributed by atoms with van der Waals surface area (Å²) in [6, 6.07) is 2.45. The number of phenolic OH excluding ortho intramolecular Hbond substituents is 2. The van der Waals surface area contributed by atoms with Crippen LogP contribution in [0.1, 0.15) is 11.6 Å². The lowest BCUT2D eigenvalue weighted by Crippen LogP contribution is -2.10. The van der Waals surface area contributed by atoms with Crippen molar-refractivity contribution < 1.29 is 14.9 Å². The minimum absolute atomic E-state index is 0.0238. The first-order valence-electron chi connectivity index (χ1n) is 3.63. The molecule has 1 aromatic carbocycles. The number of fused-ring (bicyclic) bond motifs is 1. The molecule has 0 amide bonds. The molecule has 4 heteroatoms. The van der Waals surface area contributed by atoms with Gasteiger partial charge in [-0.2, -0.15) is 0 Å². The van der Waals surface area contributed by atoms with Crippen LogP contribution in [0, 0.1) is 0 Å². The SMILES string of the molecule is N[C@@H]1COc2c(O)ccc(O)c21. The number of ether oxygens (including phenoxy) is 1. The van der Waals surface area contributed by atoms with Gasteiger partial charge >= 0.3 is 0 Å². The van der Waals surface area contributed by atoms with Crippen LogP contribution in [0.2, 0.25) is 0 Å². The third-order valence-electron chi connectivity index (χ3n) is 1.93. The van der Waals surface area contributed by atoms with Crippen molar-refractivity contribution in [3.8, 4) is 17.2 Å². The van der Waals surface area contributed by atoms with Crippen LogP contribution in [-0.4, -0.2) is 16.8 Å². The molecule has 4 N–H and O–H groups in total. The monoisotopic (exact) mass is 167 g/mol. The molecule has 2 rings (SSSR count). The Balaban J connectivity index is 2.64. The van der Waals surface area contributed by atoms with Crippen molar-refractivity contribution >= 4 is 0 Å². The first-order chi connectivity index (χ1) is 5.70. The second-order valence-corrected chi connectivity index (χ2v) is 2.76. The van der Waals surface area contributed by atoms with E-state index in [9.17, 15) is 10.2 Å². The highest BCUT2D eigenvalue weighted by Crippen LogP contribution is 2.43. The van der Waals surface area contributed by atoms with E-state index in [4.69, 9.17) is 10.5 Å². The first kappa shape index (κ1) is 7.24. The summed E-state index contributed by atoms with van der Waals surface area (Å²) in [4.78, 5) is 0. The number of benzene rings is 1. The molecule has 0 aromatic heterocycles. The molecule has 0 bridgehead atoms. The van der Waals surface area contributed by atoms with Crippen molar-refractivity contribution in [2.45, 2.75) is 6.04 Å². The van der Waals surface area contributed by atoms with Gasteiger partial charge in [0, 0.05) is 0 Å². The minimum atomic E-state index is -0.341. The summed E-state index contributed by atoms with van der Waals surface area (Å²) < 4.78 is 5.09. The van der Waals surface area contributed by atoms with Gasteiger partial charge in [-0.05, 0) is 12.1 Å². The van der Waals surface area contributed by atoms with Gasteiger partial charge in [0.15, 0.2) is 11.5 Å². The molecule has 1 aliphatic heterocycles. The number of hydrogen-bond donors (Lipinski definition) is 3. The van der Waals surface area contributed by atoms with Crippen molar-refractivity contribution in [2.24, 2.45) is 5.73 Å². The number of aromatic hydroxyl groups is 2. The summed E-state index contributed by atoms with van der Waals surface area (Å²) in [6.45, 7) is 0.306. The molecule has 0 fully saturated rings. The van der Waals surface area contributed by atoms with E-state index < -0.39 is 0 Å². The highest BCUT2D eigenvalue weighted by molar-refractivity contribution is 5.56. The summed E-state index contributed by atoms with van der Waals surface area (Å²) >= 11 is 0. The van der Waals surface area contributed by atoms with E-state index in [0.717, 1.165) is 0 Å². The minimum Gasteiger partial charge on any atom is -0.507 e. The van der Waals surface area contributed by atoms with E-state index in [1.807, 2.05) is 0 Å². The zero-order valence-corrected chi connectivity index (χ0v) is 6.32. The van der Waals surface area contributed by atoms with Gasteiger partial charge in [0.05, 0.1) is 11.6 Å².